The van der Waals surface area contributed by atoms with E-state index in [4.69, 9.17) is 18.6 Å². The van der Waals surface area contributed by atoms with E-state index in [9.17, 15) is 4.79 Å². The van der Waals surface area contributed by atoms with Crippen molar-refractivity contribution in [3.05, 3.63) is 64.6 Å². The molecule has 4 aromatic rings. The largest absolute Gasteiger partial charge is 0.493 e. The summed E-state index contributed by atoms with van der Waals surface area (Å²) in [6.45, 7) is 0. The summed E-state index contributed by atoms with van der Waals surface area (Å²) in [4.78, 5) is 17.0. The SMILES string of the molecule is COc1cc(-c2nc3cc(NC(=O)c4ccc(Br)cc4)ccc3o2)cc(OC)c1OC. The first-order valence-electron chi connectivity index (χ1n) is 9.30. The number of carbonyl (C=O) groups is 1. The lowest BCUT2D eigenvalue weighted by Crippen LogP contribution is -2.11. The first-order chi connectivity index (χ1) is 15.0. The minimum Gasteiger partial charge on any atom is -0.493 e. The highest BCUT2D eigenvalue weighted by Crippen LogP contribution is 2.41. The summed E-state index contributed by atoms with van der Waals surface area (Å²) < 4.78 is 23.0. The van der Waals surface area contributed by atoms with Crippen LogP contribution in [0.25, 0.3) is 22.6 Å². The predicted octanol–water partition coefficient (Wildman–Crippen LogP) is 5.54. The number of hydrogen-bond donors (Lipinski definition) is 1. The molecule has 0 radical (unpaired) electrons. The van der Waals surface area contributed by atoms with E-state index in [0.717, 1.165) is 4.47 Å². The quantitative estimate of drug-likeness (QED) is 0.388. The van der Waals surface area contributed by atoms with E-state index in [-0.39, 0.29) is 5.91 Å². The van der Waals surface area contributed by atoms with E-state index in [1.54, 1.807) is 63.8 Å². The van der Waals surface area contributed by atoms with Crippen LogP contribution < -0.4 is 19.5 Å². The summed E-state index contributed by atoms with van der Waals surface area (Å²) in [5.74, 6) is 1.68. The highest BCUT2D eigenvalue weighted by molar-refractivity contribution is 9.10. The van der Waals surface area contributed by atoms with Crippen LogP contribution in [0.4, 0.5) is 5.69 Å². The summed E-state index contributed by atoms with van der Waals surface area (Å²) in [5.41, 5.74) is 3.04. The summed E-state index contributed by atoms with van der Waals surface area (Å²) in [6, 6.07) is 16.0. The van der Waals surface area contributed by atoms with Crippen LogP contribution in [0.5, 0.6) is 17.2 Å². The van der Waals surface area contributed by atoms with Crippen molar-refractivity contribution >= 4 is 38.6 Å². The molecular weight excluding hydrogens is 464 g/mol. The van der Waals surface area contributed by atoms with Crippen LogP contribution in [0.2, 0.25) is 0 Å². The molecule has 0 spiro atoms. The fourth-order valence-corrected chi connectivity index (χ4v) is 3.40. The highest BCUT2D eigenvalue weighted by atomic mass is 79.9. The van der Waals surface area contributed by atoms with Gasteiger partial charge >= 0.3 is 0 Å². The zero-order valence-electron chi connectivity index (χ0n) is 17.1. The molecule has 0 fully saturated rings. The van der Waals surface area contributed by atoms with Crippen molar-refractivity contribution < 1.29 is 23.4 Å². The molecule has 31 heavy (non-hydrogen) atoms. The van der Waals surface area contributed by atoms with Crippen molar-refractivity contribution in [2.45, 2.75) is 0 Å². The van der Waals surface area contributed by atoms with Gasteiger partial charge in [0.2, 0.25) is 11.6 Å². The first kappa shape index (κ1) is 20.7. The predicted molar refractivity (Wildman–Crippen MR) is 121 cm³/mol. The van der Waals surface area contributed by atoms with Gasteiger partial charge in [-0.1, -0.05) is 15.9 Å². The second-order valence-corrected chi connectivity index (χ2v) is 7.49. The number of amides is 1. The third kappa shape index (κ3) is 4.20. The Balaban J connectivity index is 1.65. The molecule has 7 nitrogen and oxygen atoms in total. The Kier molecular flexibility index (Phi) is 5.81. The van der Waals surface area contributed by atoms with Gasteiger partial charge < -0.3 is 23.9 Å². The zero-order chi connectivity index (χ0) is 22.0. The lowest BCUT2D eigenvalue weighted by Gasteiger charge is -2.12. The van der Waals surface area contributed by atoms with Crippen LogP contribution in [0.1, 0.15) is 10.4 Å². The fourth-order valence-electron chi connectivity index (χ4n) is 3.14. The number of rotatable bonds is 6. The molecule has 0 unspecified atom stereocenters. The third-order valence-electron chi connectivity index (χ3n) is 4.66. The molecule has 0 bridgehead atoms. The molecule has 4 rings (SSSR count). The second-order valence-electron chi connectivity index (χ2n) is 6.58. The molecule has 1 N–H and O–H groups in total. The number of aromatic nitrogens is 1. The Bertz CT molecular complexity index is 1230. The van der Waals surface area contributed by atoms with Crippen molar-refractivity contribution in [3.8, 4) is 28.7 Å². The first-order valence-corrected chi connectivity index (χ1v) is 10.1. The monoisotopic (exact) mass is 482 g/mol. The fraction of sp³-hybridized carbons (Fsp3) is 0.130. The van der Waals surface area contributed by atoms with Crippen LogP contribution in [0.3, 0.4) is 0 Å². The zero-order valence-corrected chi connectivity index (χ0v) is 18.6. The Morgan fingerprint density at radius 2 is 1.61 bits per heavy atom. The molecule has 0 aliphatic carbocycles. The molecule has 0 saturated carbocycles. The van der Waals surface area contributed by atoms with Gasteiger partial charge in [0.1, 0.15) is 5.52 Å². The average Bonchev–Trinajstić information content (AvgIpc) is 3.21. The lowest BCUT2D eigenvalue weighted by atomic mass is 10.2. The van der Waals surface area contributed by atoms with Gasteiger partial charge in [-0.05, 0) is 54.6 Å². The lowest BCUT2D eigenvalue weighted by molar-refractivity contribution is 0.102. The van der Waals surface area contributed by atoms with Crippen LogP contribution in [-0.4, -0.2) is 32.2 Å². The molecule has 3 aromatic carbocycles. The van der Waals surface area contributed by atoms with Gasteiger partial charge in [0.25, 0.3) is 5.91 Å². The van der Waals surface area contributed by atoms with Crippen molar-refractivity contribution in [2.75, 3.05) is 26.6 Å². The van der Waals surface area contributed by atoms with Crippen LogP contribution >= 0.6 is 15.9 Å². The van der Waals surface area contributed by atoms with Crippen molar-refractivity contribution in [1.29, 1.82) is 0 Å². The van der Waals surface area contributed by atoms with Gasteiger partial charge in [0.15, 0.2) is 17.1 Å². The van der Waals surface area contributed by atoms with Gasteiger partial charge in [-0.2, -0.15) is 0 Å². The number of halogens is 1. The number of nitrogens with zero attached hydrogens (tertiary/aromatic N) is 1. The molecule has 1 amide bonds. The van der Waals surface area contributed by atoms with Crippen LogP contribution in [-0.2, 0) is 0 Å². The maximum atomic E-state index is 12.5. The minimum atomic E-state index is -0.208. The maximum Gasteiger partial charge on any atom is 0.255 e. The Hall–Kier alpha value is -3.52. The Morgan fingerprint density at radius 3 is 2.23 bits per heavy atom. The smallest absolute Gasteiger partial charge is 0.255 e. The molecular formula is C23H19BrN2O5. The molecule has 8 heteroatoms. The molecule has 1 heterocycles. The van der Waals surface area contributed by atoms with E-state index in [0.29, 0.717) is 51.1 Å². The topological polar surface area (TPSA) is 82.8 Å². The number of hydrogen-bond acceptors (Lipinski definition) is 6. The van der Waals surface area contributed by atoms with Gasteiger partial charge in [-0.3, -0.25) is 4.79 Å². The van der Waals surface area contributed by atoms with E-state index in [2.05, 4.69) is 26.2 Å². The molecule has 1 aromatic heterocycles. The molecule has 0 aliphatic heterocycles. The van der Waals surface area contributed by atoms with Crippen molar-refractivity contribution in [3.63, 3.8) is 0 Å². The number of anilines is 1. The number of ether oxygens (including phenoxy) is 3. The van der Waals surface area contributed by atoms with E-state index in [1.807, 2.05) is 12.1 Å². The van der Waals surface area contributed by atoms with Gasteiger partial charge in [-0.15, -0.1) is 0 Å². The number of fused-ring (bicyclic) bond motifs is 1. The van der Waals surface area contributed by atoms with Crippen molar-refractivity contribution in [1.82, 2.24) is 4.98 Å². The molecule has 0 saturated heterocycles. The van der Waals surface area contributed by atoms with E-state index in [1.165, 1.54) is 0 Å². The maximum absolute atomic E-state index is 12.5. The van der Waals surface area contributed by atoms with Gasteiger partial charge in [0, 0.05) is 21.3 Å². The van der Waals surface area contributed by atoms with Gasteiger partial charge in [0.05, 0.1) is 21.3 Å². The molecule has 0 aliphatic rings. The van der Waals surface area contributed by atoms with Gasteiger partial charge in [-0.25, -0.2) is 4.98 Å². The Labute approximate surface area is 187 Å². The van der Waals surface area contributed by atoms with E-state index < -0.39 is 0 Å². The van der Waals surface area contributed by atoms with Crippen molar-refractivity contribution in [2.24, 2.45) is 0 Å². The molecule has 158 valence electrons. The summed E-state index contributed by atoms with van der Waals surface area (Å²) in [6.07, 6.45) is 0. The van der Waals surface area contributed by atoms with E-state index >= 15 is 0 Å². The number of carbonyl (C=O) groups excluding carboxylic acids is 1. The second kappa shape index (κ2) is 8.69. The third-order valence-corrected chi connectivity index (χ3v) is 5.19. The standard InChI is InChI=1S/C23H19BrN2O5/c1-28-19-10-14(11-20(29-2)21(19)30-3)23-26-17-12-16(8-9-18(17)31-23)25-22(27)13-4-6-15(24)7-5-13/h4-12H,1-3H3,(H,25,27). The average molecular weight is 483 g/mol. The Morgan fingerprint density at radius 1 is 0.935 bits per heavy atom. The summed E-state index contributed by atoms with van der Waals surface area (Å²) in [7, 11) is 4.64. The highest BCUT2D eigenvalue weighted by Gasteiger charge is 2.17. The van der Waals surface area contributed by atoms with Crippen LogP contribution in [0.15, 0.2) is 63.5 Å². The van der Waals surface area contributed by atoms with Crippen LogP contribution in [0, 0.1) is 0 Å². The summed E-state index contributed by atoms with van der Waals surface area (Å²) in [5, 5.41) is 2.88. The normalized spacial score (nSPS) is 10.7. The summed E-state index contributed by atoms with van der Waals surface area (Å²) >= 11 is 3.36. The number of benzene rings is 3. The molecule has 0 atom stereocenters. The number of methoxy groups -OCH3 is 3. The minimum absolute atomic E-state index is 0.208. The number of oxazole rings is 1. The number of nitrogens with one attached hydrogen (secondary N) is 1.